The van der Waals surface area contributed by atoms with Crippen molar-refractivity contribution >= 4 is 6.03 Å². The van der Waals surface area contributed by atoms with Gasteiger partial charge in [-0.2, -0.15) is 0 Å². The van der Waals surface area contributed by atoms with E-state index in [1.807, 2.05) is 4.90 Å². The Kier molecular flexibility index (Phi) is 3.63. The normalized spacial score (nSPS) is 24.4. The molecule has 1 aromatic carbocycles. The standard InChI is InChI=1S/C15H22N4O/c1-11-3-2-4-12(7-11)14(8-16)18-5-6-19-13(10-18)9-17-15(19)20/h2-4,7,13-14H,5-6,8-10,16H2,1H3,(H,17,20). The number of carbonyl (C=O) groups excluding carboxylic acids is 1. The van der Waals surface area contributed by atoms with Crippen molar-refractivity contribution < 1.29 is 4.79 Å². The molecule has 2 saturated heterocycles. The van der Waals surface area contributed by atoms with E-state index in [1.165, 1.54) is 11.1 Å². The van der Waals surface area contributed by atoms with Gasteiger partial charge in [-0.1, -0.05) is 29.8 Å². The van der Waals surface area contributed by atoms with Gasteiger partial charge in [-0.3, -0.25) is 4.90 Å². The molecule has 0 aliphatic carbocycles. The lowest BCUT2D eigenvalue weighted by molar-refractivity contribution is 0.0904. The molecule has 2 aliphatic heterocycles. The van der Waals surface area contributed by atoms with Crippen LogP contribution in [-0.2, 0) is 0 Å². The highest BCUT2D eigenvalue weighted by molar-refractivity contribution is 5.77. The molecule has 2 aliphatic rings. The zero-order chi connectivity index (χ0) is 14.1. The molecule has 1 aromatic rings. The Balaban J connectivity index is 1.76. The molecule has 20 heavy (non-hydrogen) atoms. The first-order valence-electron chi connectivity index (χ1n) is 7.24. The van der Waals surface area contributed by atoms with Crippen molar-refractivity contribution in [3.8, 4) is 0 Å². The van der Waals surface area contributed by atoms with Crippen LogP contribution in [-0.4, -0.2) is 54.6 Å². The summed E-state index contributed by atoms with van der Waals surface area (Å²) in [7, 11) is 0. The molecule has 2 unspecified atom stereocenters. The number of amides is 2. The largest absolute Gasteiger partial charge is 0.336 e. The Morgan fingerprint density at radius 1 is 1.45 bits per heavy atom. The number of hydrogen-bond acceptors (Lipinski definition) is 3. The van der Waals surface area contributed by atoms with Gasteiger partial charge in [-0.15, -0.1) is 0 Å². The zero-order valence-corrected chi connectivity index (χ0v) is 11.9. The number of aryl methyl sites for hydroxylation is 1. The van der Waals surface area contributed by atoms with Gasteiger partial charge in [0.15, 0.2) is 0 Å². The van der Waals surface area contributed by atoms with Crippen LogP contribution in [0.1, 0.15) is 17.2 Å². The molecule has 2 atom stereocenters. The van der Waals surface area contributed by atoms with Gasteiger partial charge in [-0.25, -0.2) is 4.79 Å². The summed E-state index contributed by atoms with van der Waals surface area (Å²) in [4.78, 5) is 16.0. The van der Waals surface area contributed by atoms with Crippen LogP contribution in [0.5, 0.6) is 0 Å². The van der Waals surface area contributed by atoms with Gasteiger partial charge in [0.05, 0.1) is 6.04 Å². The molecule has 0 radical (unpaired) electrons. The number of benzene rings is 1. The molecular weight excluding hydrogens is 252 g/mol. The molecule has 0 bridgehead atoms. The van der Waals surface area contributed by atoms with Crippen molar-refractivity contribution in [1.82, 2.24) is 15.1 Å². The number of hydrogen-bond donors (Lipinski definition) is 2. The minimum atomic E-state index is 0.0782. The Morgan fingerprint density at radius 3 is 3.05 bits per heavy atom. The topological polar surface area (TPSA) is 61.6 Å². The van der Waals surface area contributed by atoms with E-state index >= 15 is 0 Å². The van der Waals surface area contributed by atoms with Gasteiger partial charge in [0.25, 0.3) is 0 Å². The number of nitrogens with one attached hydrogen (secondary N) is 1. The van der Waals surface area contributed by atoms with E-state index < -0.39 is 0 Å². The summed E-state index contributed by atoms with van der Waals surface area (Å²) in [6.07, 6.45) is 0. The molecule has 3 N–H and O–H groups in total. The van der Waals surface area contributed by atoms with E-state index in [0.717, 1.165) is 26.2 Å². The predicted octanol–water partition coefficient (Wildman–Crippen LogP) is 0.704. The minimum Gasteiger partial charge on any atom is -0.336 e. The highest BCUT2D eigenvalue weighted by Gasteiger charge is 2.37. The SMILES string of the molecule is Cc1cccc(C(CN)N2CCN3C(=O)NCC3C2)c1. The van der Waals surface area contributed by atoms with Crippen LogP contribution in [0.4, 0.5) is 4.79 Å². The number of rotatable bonds is 3. The summed E-state index contributed by atoms with van der Waals surface area (Å²) in [6.45, 7) is 6.04. The molecule has 2 fully saturated rings. The lowest BCUT2D eigenvalue weighted by Crippen LogP contribution is -2.53. The molecule has 108 valence electrons. The molecule has 5 nitrogen and oxygen atoms in total. The molecule has 3 rings (SSSR count). The molecule has 2 amide bonds. The van der Waals surface area contributed by atoms with Crippen molar-refractivity contribution in [1.29, 1.82) is 0 Å². The van der Waals surface area contributed by atoms with Crippen molar-refractivity contribution in [3.05, 3.63) is 35.4 Å². The van der Waals surface area contributed by atoms with Crippen LogP contribution in [0.2, 0.25) is 0 Å². The van der Waals surface area contributed by atoms with E-state index in [9.17, 15) is 4.79 Å². The lowest BCUT2D eigenvalue weighted by Gasteiger charge is -2.40. The van der Waals surface area contributed by atoms with E-state index in [0.29, 0.717) is 6.54 Å². The smallest absolute Gasteiger partial charge is 0.317 e. The van der Waals surface area contributed by atoms with Crippen LogP contribution in [0.25, 0.3) is 0 Å². The summed E-state index contributed by atoms with van der Waals surface area (Å²) < 4.78 is 0. The molecule has 0 spiro atoms. The van der Waals surface area contributed by atoms with Crippen LogP contribution in [0.3, 0.4) is 0 Å². The third kappa shape index (κ3) is 2.39. The first-order valence-corrected chi connectivity index (χ1v) is 7.24. The first-order chi connectivity index (χ1) is 9.69. The Morgan fingerprint density at radius 2 is 2.30 bits per heavy atom. The number of carbonyl (C=O) groups is 1. The molecule has 0 aromatic heterocycles. The Hall–Kier alpha value is -1.59. The van der Waals surface area contributed by atoms with Crippen LogP contribution < -0.4 is 11.1 Å². The highest BCUT2D eigenvalue weighted by atomic mass is 16.2. The van der Waals surface area contributed by atoms with E-state index in [2.05, 4.69) is 41.4 Å². The minimum absolute atomic E-state index is 0.0782. The van der Waals surface area contributed by atoms with E-state index in [-0.39, 0.29) is 18.1 Å². The van der Waals surface area contributed by atoms with Crippen LogP contribution >= 0.6 is 0 Å². The highest BCUT2D eigenvalue weighted by Crippen LogP contribution is 2.25. The number of fused-ring (bicyclic) bond motifs is 1. The third-order valence-electron chi connectivity index (χ3n) is 4.35. The number of nitrogens with two attached hydrogens (primary N) is 1. The first kappa shape index (κ1) is 13.4. The molecule has 0 saturated carbocycles. The molecular formula is C15H22N4O. The number of piperazine rings is 1. The number of nitrogens with zero attached hydrogens (tertiary/aromatic N) is 2. The maximum absolute atomic E-state index is 11.6. The average molecular weight is 274 g/mol. The van der Waals surface area contributed by atoms with Crippen molar-refractivity contribution in [2.75, 3.05) is 32.7 Å². The summed E-state index contributed by atoms with van der Waals surface area (Å²) in [6, 6.07) is 9.16. The fraction of sp³-hybridized carbons (Fsp3) is 0.533. The second kappa shape index (κ2) is 5.42. The van der Waals surface area contributed by atoms with Gasteiger partial charge in [-0.05, 0) is 12.5 Å². The monoisotopic (exact) mass is 274 g/mol. The third-order valence-corrected chi connectivity index (χ3v) is 4.35. The van der Waals surface area contributed by atoms with Crippen molar-refractivity contribution in [2.45, 2.75) is 19.0 Å². The van der Waals surface area contributed by atoms with E-state index in [1.54, 1.807) is 0 Å². The molecule has 2 heterocycles. The Labute approximate surface area is 119 Å². The predicted molar refractivity (Wildman–Crippen MR) is 78.4 cm³/mol. The van der Waals surface area contributed by atoms with Gasteiger partial charge in [0.2, 0.25) is 0 Å². The van der Waals surface area contributed by atoms with Crippen LogP contribution in [0, 0.1) is 6.92 Å². The average Bonchev–Trinajstić information content (AvgIpc) is 2.81. The summed E-state index contributed by atoms with van der Waals surface area (Å²) in [5, 5.41) is 2.92. The second-order valence-electron chi connectivity index (χ2n) is 5.69. The Bertz CT molecular complexity index is 504. The number of urea groups is 1. The zero-order valence-electron chi connectivity index (χ0n) is 11.9. The second-order valence-corrected chi connectivity index (χ2v) is 5.69. The van der Waals surface area contributed by atoms with Crippen LogP contribution in [0.15, 0.2) is 24.3 Å². The fourth-order valence-electron chi connectivity index (χ4n) is 3.28. The summed E-state index contributed by atoms with van der Waals surface area (Å²) >= 11 is 0. The van der Waals surface area contributed by atoms with Gasteiger partial charge < -0.3 is 16.0 Å². The van der Waals surface area contributed by atoms with Crippen molar-refractivity contribution in [2.24, 2.45) is 5.73 Å². The van der Waals surface area contributed by atoms with E-state index in [4.69, 9.17) is 5.73 Å². The van der Waals surface area contributed by atoms with Crippen molar-refractivity contribution in [3.63, 3.8) is 0 Å². The van der Waals surface area contributed by atoms with Gasteiger partial charge in [0, 0.05) is 38.8 Å². The summed E-state index contributed by atoms with van der Waals surface area (Å²) in [5.41, 5.74) is 8.55. The quantitative estimate of drug-likeness (QED) is 0.853. The lowest BCUT2D eigenvalue weighted by atomic mass is 10.0. The summed E-state index contributed by atoms with van der Waals surface area (Å²) in [5.74, 6) is 0. The fourth-order valence-corrected chi connectivity index (χ4v) is 3.28. The van der Waals surface area contributed by atoms with Gasteiger partial charge >= 0.3 is 6.03 Å². The van der Waals surface area contributed by atoms with Gasteiger partial charge in [0.1, 0.15) is 0 Å². The maximum Gasteiger partial charge on any atom is 0.317 e. The maximum atomic E-state index is 11.6. The molecule has 5 heteroatoms.